The monoisotopic (exact) mass is 165 g/mol. The Labute approximate surface area is 71.4 Å². The number of rotatable bonds is 1. The summed E-state index contributed by atoms with van der Waals surface area (Å²) in [6.45, 7) is 1.96. The van der Waals surface area contributed by atoms with E-state index in [0.29, 0.717) is 0 Å². The quantitative estimate of drug-likeness (QED) is 0.692. The van der Waals surface area contributed by atoms with E-state index >= 15 is 0 Å². The van der Waals surface area contributed by atoms with Gasteiger partial charge in [0.2, 0.25) is 0 Å². The van der Waals surface area contributed by atoms with Gasteiger partial charge in [0.25, 0.3) is 0 Å². The Kier molecular flexibility index (Phi) is 2.69. The van der Waals surface area contributed by atoms with E-state index in [1.165, 1.54) is 7.11 Å². The fraction of sp³-hybridized carbons (Fsp3) is 0.222. The summed E-state index contributed by atoms with van der Waals surface area (Å²) >= 11 is 0. The van der Waals surface area contributed by atoms with Crippen molar-refractivity contribution in [3.63, 3.8) is 0 Å². The zero-order valence-electron chi connectivity index (χ0n) is 7.13. The van der Waals surface area contributed by atoms with Crippen LogP contribution in [0.1, 0.15) is 5.56 Å². The lowest BCUT2D eigenvalue weighted by atomic mass is 10.2. The molecular weight excluding hydrogens is 154 g/mol. The molecule has 0 fully saturated rings. The van der Waals surface area contributed by atoms with Crippen molar-refractivity contribution < 1.29 is 9.53 Å². The maximum atomic E-state index is 10.8. The topological polar surface area (TPSA) is 38.3 Å². The molecule has 3 nitrogen and oxygen atoms in total. The molecule has 1 amide bonds. The van der Waals surface area contributed by atoms with Gasteiger partial charge in [-0.2, -0.15) is 0 Å². The van der Waals surface area contributed by atoms with Crippen LogP contribution in [0.15, 0.2) is 24.3 Å². The molecule has 0 spiro atoms. The van der Waals surface area contributed by atoms with Crippen molar-refractivity contribution in [3.8, 4) is 0 Å². The van der Waals surface area contributed by atoms with Crippen molar-refractivity contribution in [2.75, 3.05) is 12.4 Å². The summed E-state index contributed by atoms with van der Waals surface area (Å²) in [5, 5.41) is 2.57. The summed E-state index contributed by atoms with van der Waals surface area (Å²) in [5.74, 6) is 0. The summed E-state index contributed by atoms with van der Waals surface area (Å²) in [6, 6.07) is 7.52. The van der Waals surface area contributed by atoms with Gasteiger partial charge in [-0.3, -0.25) is 5.32 Å². The summed E-state index contributed by atoms with van der Waals surface area (Å²) < 4.78 is 4.44. The van der Waals surface area contributed by atoms with Crippen LogP contribution < -0.4 is 5.32 Å². The molecule has 64 valence electrons. The second-order valence-corrected chi connectivity index (χ2v) is 2.49. The molecule has 0 bridgehead atoms. The lowest BCUT2D eigenvalue weighted by molar-refractivity contribution is 0.187. The molecule has 1 rings (SSSR count). The van der Waals surface area contributed by atoms with Crippen LogP contribution >= 0.6 is 0 Å². The minimum atomic E-state index is -0.444. The summed E-state index contributed by atoms with van der Waals surface area (Å²) in [4.78, 5) is 10.8. The number of ether oxygens (including phenoxy) is 1. The highest BCUT2D eigenvalue weighted by Gasteiger charge is 1.98. The van der Waals surface area contributed by atoms with Gasteiger partial charge in [0.15, 0.2) is 0 Å². The third-order valence-electron chi connectivity index (χ3n) is 1.45. The van der Waals surface area contributed by atoms with E-state index in [1.807, 2.05) is 31.2 Å². The largest absolute Gasteiger partial charge is 0.453 e. The van der Waals surface area contributed by atoms with E-state index in [9.17, 15) is 4.79 Å². The first kappa shape index (κ1) is 8.59. The Bertz CT molecular complexity index is 284. The molecular formula is C9H11NO2. The van der Waals surface area contributed by atoms with Gasteiger partial charge in [-0.05, 0) is 24.6 Å². The van der Waals surface area contributed by atoms with Gasteiger partial charge in [0.1, 0.15) is 0 Å². The molecule has 1 N–H and O–H groups in total. The van der Waals surface area contributed by atoms with Crippen molar-refractivity contribution in [1.82, 2.24) is 0 Å². The second-order valence-electron chi connectivity index (χ2n) is 2.49. The molecule has 1 aromatic rings. The smallest absolute Gasteiger partial charge is 0.411 e. The molecule has 0 radical (unpaired) electrons. The molecule has 12 heavy (non-hydrogen) atoms. The van der Waals surface area contributed by atoms with Crippen LogP contribution in [0, 0.1) is 6.92 Å². The normalized spacial score (nSPS) is 9.17. The van der Waals surface area contributed by atoms with Crippen molar-refractivity contribution in [1.29, 1.82) is 0 Å². The third kappa shape index (κ3) is 2.27. The molecule has 0 aliphatic heterocycles. The van der Waals surface area contributed by atoms with Gasteiger partial charge in [-0.1, -0.05) is 12.1 Å². The van der Waals surface area contributed by atoms with E-state index in [1.54, 1.807) is 0 Å². The van der Waals surface area contributed by atoms with Crippen LogP contribution in [0.2, 0.25) is 0 Å². The zero-order valence-corrected chi connectivity index (χ0v) is 7.13. The highest BCUT2D eigenvalue weighted by molar-refractivity contribution is 5.84. The molecule has 1 aromatic carbocycles. The van der Waals surface area contributed by atoms with E-state index in [-0.39, 0.29) is 0 Å². The number of carbonyl (C=O) groups excluding carboxylic acids is 1. The van der Waals surface area contributed by atoms with Crippen molar-refractivity contribution in [2.24, 2.45) is 0 Å². The Morgan fingerprint density at radius 3 is 2.83 bits per heavy atom. The molecule has 0 aliphatic carbocycles. The Morgan fingerprint density at radius 1 is 1.50 bits per heavy atom. The minimum absolute atomic E-state index is 0.444. The molecule has 0 saturated heterocycles. The number of benzene rings is 1. The number of hydrogen-bond acceptors (Lipinski definition) is 2. The molecule has 0 aromatic heterocycles. The first-order chi connectivity index (χ1) is 5.72. The molecule has 0 unspecified atom stereocenters. The van der Waals surface area contributed by atoms with Crippen LogP contribution in [0.25, 0.3) is 0 Å². The highest BCUT2D eigenvalue weighted by Crippen LogP contribution is 2.09. The van der Waals surface area contributed by atoms with Gasteiger partial charge in [0, 0.05) is 5.69 Å². The molecule has 0 heterocycles. The van der Waals surface area contributed by atoms with Crippen LogP contribution in [0.5, 0.6) is 0 Å². The van der Waals surface area contributed by atoms with E-state index in [2.05, 4.69) is 10.1 Å². The predicted molar refractivity (Wildman–Crippen MR) is 47.2 cm³/mol. The molecule has 0 saturated carbocycles. The number of methoxy groups -OCH3 is 1. The number of nitrogens with one attached hydrogen (secondary N) is 1. The minimum Gasteiger partial charge on any atom is -0.453 e. The van der Waals surface area contributed by atoms with E-state index in [0.717, 1.165) is 11.3 Å². The van der Waals surface area contributed by atoms with Crippen LogP contribution in [0.3, 0.4) is 0 Å². The maximum Gasteiger partial charge on any atom is 0.411 e. The van der Waals surface area contributed by atoms with Crippen LogP contribution in [-0.4, -0.2) is 13.2 Å². The van der Waals surface area contributed by atoms with Gasteiger partial charge >= 0.3 is 6.09 Å². The second kappa shape index (κ2) is 3.76. The first-order valence-electron chi connectivity index (χ1n) is 3.64. The van der Waals surface area contributed by atoms with Gasteiger partial charge < -0.3 is 4.74 Å². The first-order valence-corrected chi connectivity index (χ1v) is 3.64. The van der Waals surface area contributed by atoms with E-state index in [4.69, 9.17) is 0 Å². The summed E-state index contributed by atoms with van der Waals surface area (Å²) in [5.41, 5.74) is 1.85. The molecule has 3 heteroatoms. The van der Waals surface area contributed by atoms with Crippen LogP contribution in [-0.2, 0) is 4.74 Å². The number of aryl methyl sites for hydroxylation is 1. The zero-order chi connectivity index (χ0) is 8.97. The fourth-order valence-corrected chi connectivity index (χ4v) is 0.892. The lowest BCUT2D eigenvalue weighted by Crippen LogP contribution is -2.10. The Balaban J connectivity index is 2.69. The number of amides is 1. The van der Waals surface area contributed by atoms with Crippen LogP contribution in [0.4, 0.5) is 10.5 Å². The molecule has 0 atom stereocenters. The SMILES string of the molecule is COC(=O)Nc1cccc(C)c1. The average molecular weight is 165 g/mol. The number of carbonyl (C=O) groups is 1. The van der Waals surface area contributed by atoms with Gasteiger partial charge in [-0.15, -0.1) is 0 Å². The van der Waals surface area contributed by atoms with Gasteiger partial charge in [-0.25, -0.2) is 4.79 Å². The molecule has 0 aliphatic rings. The van der Waals surface area contributed by atoms with E-state index < -0.39 is 6.09 Å². The Hall–Kier alpha value is -1.51. The summed E-state index contributed by atoms with van der Waals surface area (Å²) in [6.07, 6.45) is -0.444. The van der Waals surface area contributed by atoms with Gasteiger partial charge in [0.05, 0.1) is 7.11 Å². The van der Waals surface area contributed by atoms with Crippen molar-refractivity contribution in [2.45, 2.75) is 6.92 Å². The highest BCUT2D eigenvalue weighted by atomic mass is 16.5. The average Bonchev–Trinajstić information content (AvgIpc) is 2.04. The summed E-state index contributed by atoms with van der Waals surface area (Å²) in [7, 11) is 1.34. The standard InChI is InChI=1S/C9H11NO2/c1-7-4-3-5-8(6-7)10-9(11)12-2/h3-6H,1-2H3,(H,10,11). The Morgan fingerprint density at radius 2 is 2.25 bits per heavy atom. The van der Waals surface area contributed by atoms with Crippen molar-refractivity contribution >= 4 is 11.8 Å². The predicted octanol–water partition coefficient (Wildman–Crippen LogP) is 2.17. The number of anilines is 1. The maximum absolute atomic E-state index is 10.8. The third-order valence-corrected chi connectivity index (χ3v) is 1.45. The fourth-order valence-electron chi connectivity index (χ4n) is 0.892. The number of hydrogen-bond donors (Lipinski definition) is 1. The lowest BCUT2D eigenvalue weighted by Gasteiger charge is -2.03. The van der Waals surface area contributed by atoms with Crippen molar-refractivity contribution in [3.05, 3.63) is 29.8 Å².